The number of benzene rings is 3. The number of imide groups is 1. The van der Waals surface area contributed by atoms with E-state index < -0.39 is 23.7 Å². The third kappa shape index (κ3) is 8.90. The highest BCUT2D eigenvalue weighted by molar-refractivity contribution is 6.02. The number of pyridine rings is 1. The smallest absolute Gasteiger partial charge is 0.419 e. The molecule has 0 bridgehead atoms. The van der Waals surface area contributed by atoms with Gasteiger partial charge in [0.2, 0.25) is 5.91 Å². The second kappa shape index (κ2) is 17.3. The maximum Gasteiger partial charge on any atom is 0.419 e. The standard InChI is InChI=1S/C43H47F3N10O5/c1-47-40(58)32-5-3-4-6-34(32)49-36-23-38(48-24-33(36)43(44,45)46)50-35-10-8-30(22-37(35)61-2)53-14-11-29(12-15-53)54-19-17-52(18-20-54)25-27-7-9-31-28(21-27)26-56(41(31)59)55-16-13-39(57)51-42(55)60/h3-10,21-24,29H,11-20,25-26H2,1-2H3,(H,47,58)(H2,48,49,50)(H,51,57,60). The number of alkyl halides is 3. The molecule has 5 amide bonds. The van der Waals surface area contributed by atoms with Gasteiger partial charge in [0.05, 0.1) is 48.4 Å². The van der Waals surface area contributed by atoms with E-state index in [9.17, 15) is 32.3 Å². The largest absolute Gasteiger partial charge is 0.494 e. The van der Waals surface area contributed by atoms with Crippen molar-refractivity contribution in [3.8, 4) is 5.75 Å². The number of piperazine rings is 1. The molecular weight excluding hydrogens is 794 g/mol. The number of nitrogens with one attached hydrogen (secondary N) is 4. The number of carbonyl (C=O) groups excluding carboxylic acids is 4. The van der Waals surface area contributed by atoms with Gasteiger partial charge in [0.25, 0.3) is 11.8 Å². The van der Waals surface area contributed by atoms with E-state index in [1.165, 1.54) is 35.3 Å². The summed E-state index contributed by atoms with van der Waals surface area (Å²) in [6.07, 6.45) is -1.79. The molecular formula is C43H47F3N10O5. The molecule has 0 radical (unpaired) electrons. The van der Waals surface area contributed by atoms with E-state index in [1.54, 1.807) is 19.2 Å². The average molecular weight is 841 g/mol. The molecule has 15 nitrogen and oxygen atoms in total. The lowest BCUT2D eigenvalue weighted by molar-refractivity contribution is -0.137. The fraction of sp³-hybridized carbons (Fsp3) is 0.372. The number of methoxy groups -OCH3 is 1. The summed E-state index contributed by atoms with van der Waals surface area (Å²) < 4.78 is 47.9. The monoisotopic (exact) mass is 840 g/mol. The predicted octanol–water partition coefficient (Wildman–Crippen LogP) is 5.56. The highest BCUT2D eigenvalue weighted by Gasteiger charge is 2.38. The van der Waals surface area contributed by atoms with Crippen molar-refractivity contribution in [2.45, 2.75) is 44.6 Å². The molecule has 320 valence electrons. The fourth-order valence-electron chi connectivity index (χ4n) is 8.51. The number of fused-ring (bicyclic) bond motifs is 1. The second-order valence-electron chi connectivity index (χ2n) is 15.5. The minimum Gasteiger partial charge on any atom is -0.494 e. The van der Waals surface area contributed by atoms with Gasteiger partial charge in [0, 0.05) is 94.9 Å². The first-order valence-corrected chi connectivity index (χ1v) is 20.2. The van der Waals surface area contributed by atoms with E-state index in [-0.39, 0.29) is 47.5 Å². The van der Waals surface area contributed by atoms with E-state index in [2.05, 4.69) is 47.0 Å². The van der Waals surface area contributed by atoms with Crippen LogP contribution in [0.25, 0.3) is 0 Å². The van der Waals surface area contributed by atoms with Gasteiger partial charge >= 0.3 is 12.2 Å². The maximum absolute atomic E-state index is 14.1. The van der Waals surface area contributed by atoms with Gasteiger partial charge in [0.15, 0.2) is 0 Å². The first kappa shape index (κ1) is 41.3. The lowest BCUT2D eigenvalue weighted by atomic mass is 10.0. The number of ether oxygens (including phenoxy) is 1. The lowest BCUT2D eigenvalue weighted by Crippen LogP contribution is -2.56. The van der Waals surface area contributed by atoms with Crippen LogP contribution in [0.2, 0.25) is 0 Å². The van der Waals surface area contributed by atoms with E-state index >= 15 is 0 Å². The van der Waals surface area contributed by atoms with Crippen LogP contribution >= 0.6 is 0 Å². The second-order valence-corrected chi connectivity index (χ2v) is 15.5. The number of para-hydroxylation sites is 1. The number of carbonyl (C=O) groups is 4. The van der Waals surface area contributed by atoms with Crippen LogP contribution in [-0.2, 0) is 24.1 Å². The Morgan fingerprint density at radius 1 is 0.869 bits per heavy atom. The molecule has 0 spiro atoms. The van der Waals surface area contributed by atoms with Crippen molar-refractivity contribution >= 4 is 52.3 Å². The normalized spacial score (nSPS) is 17.9. The van der Waals surface area contributed by atoms with Gasteiger partial charge < -0.3 is 25.6 Å². The molecule has 4 aromatic rings. The maximum atomic E-state index is 14.1. The number of piperidine rings is 1. The summed E-state index contributed by atoms with van der Waals surface area (Å²) in [7, 11) is 2.99. The third-order valence-electron chi connectivity index (χ3n) is 11.8. The Labute approximate surface area is 350 Å². The minimum absolute atomic E-state index is 0.153. The van der Waals surface area contributed by atoms with Gasteiger partial charge in [-0.15, -0.1) is 0 Å². The number of amides is 5. The van der Waals surface area contributed by atoms with Crippen molar-refractivity contribution in [3.05, 3.63) is 101 Å². The van der Waals surface area contributed by atoms with Crippen LogP contribution in [0.5, 0.6) is 5.75 Å². The third-order valence-corrected chi connectivity index (χ3v) is 11.8. The molecule has 61 heavy (non-hydrogen) atoms. The Balaban J connectivity index is 0.846. The number of nitrogens with zero attached hydrogens (tertiary/aromatic N) is 6. The van der Waals surface area contributed by atoms with Gasteiger partial charge in [-0.25, -0.2) is 19.8 Å². The first-order valence-electron chi connectivity index (χ1n) is 20.2. The molecule has 1 aromatic heterocycles. The molecule has 0 aliphatic carbocycles. The summed E-state index contributed by atoms with van der Waals surface area (Å²) in [6, 6.07) is 19.1. The molecule has 4 N–H and O–H groups in total. The van der Waals surface area contributed by atoms with Crippen molar-refractivity contribution in [2.75, 3.05) is 75.5 Å². The van der Waals surface area contributed by atoms with Crippen LogP contribution in [0.1, 0.15) is 56.7 Å². The molecule has 3 saturated heterocycles. The van der Waals surface area contributed by atoms with Gasteiger partial charge in [-0.3, -0.25) is 29.5 Å². The first-order chi connectivity index (χ1) is 29.4. The summed E-state index contributed by atoms with van der Waals surface area (Å²) in [5.41, 5.74) is 3.25. The quantitative estimate of drug-likeness (QED) is 0.150. The Morgan fingerprint density at radius 2 is 1.64 bits per heavy atom. The van der Waals surface area contributed by atoms with E-state index in [4.69, 9.17) is 4.74 Å². The lowest BCUT2D eigenvalue weighted by Gasteiger charge is -2.43. The van der Waals surface area contributed by atoms with E-state index in [1.807, 2.05) is 30.3 Å². The molecule has 0 saturated carbocycles. The fourth-order valence-corrected chi connectivity index (χ4v) is 8.51. The van der Waals surface area contributed by atoms with E-state index in [0.717, 1.165) is 81.7 Å². The Morgan fingerprint density at radius 3 is 2.36 bits per heavy atom. The molecule has 18 heteroatoms. The molecule has 4 aliphatic rings. The van der Waals surface area contributed by atoms with Crippen molar-refractivity contribution in [2.24, 2.45) is 0 Å². The summed E-state index contributed by atoms with van der Waals surface area (Å²) in [5, 5.41) is 13.4. The minimum atomic E-state index is -4.70. The van der Waals surface area contributed by atoms with Crippen LogP contribution in [0.3, 0.4) is 0 Å². The van der Waals surface area contributed by atoms with Gasteiger partial charge in [-0.1, -0.05) is 24.3 Å². The summed E-state index contributed by atoms with van der Waals surface area (Å²) in [4.78, 5) is 60.9. The number of rotatable bonds is 11. The van der Waals surface area contributed by atoms with E-state index in [0.29, 0.717) is 29.6 Å². The number of urea groups is 1. The number of aromatic nitrogens is 1. The van der Waals surface area contributed by atoms with Crippen LogP contribution in [0.4, 0.5) is 46.5 Å². The number of hydrogen-bond donors (Lipinski definition) is 4. The molecule has 0 atom stereocenters. The summed E-state index contributed by atoms with van der Waals surface area (Å²) in [5.74, 6) is -0.352. The summed E-state index contributed by atoms with van der Waals surface area (Å²) >= 11 is 0. The van der Waals surface area contributed by atoms with Crippen molar-refractivity contribution < 1.29 is 37.1 Å². The zero-order valence-electron chi connectivity index (χ0n) is 33.8. The van der Waals surface area contributed by atoms with Gasteiger partial charge in [0.1, 0.15) is 11.6 Å². The average Bonchev–Trinajstić information content (AvgIpc) is 3.58. The van der Waals surface area contributed by atoms with Crippen molar-refractivity contribution in [3.63, 3.8) is 0 Å². The van der Waals surface area contributed by atoms with Crippen LogP contribution in [0, 0.1) is 0 Å². The zero-order valence-corrected chi connectivity index (χ0v) is 33.8. The van der Waals surface area contributed by atoms with Crippen LogP contribution in [0.15, 0.2) is 72.9 Å². The number of hydrogen-bond acceptors (Lipinski definition) is 11. The Bertz CT molecular complexity index is 2330. The highest BCUT2D eigenvalue weighted by Crippen LogP contribution is 2.39. The molecule has 4 aliphatic heterocycles. The summed E-state index contributed by atoms with van der Waals surface area (Å²) in [6.45, 7) is 6.69. The Kier molecular flexibility index (Phi) is 11.7. The Hall–Kier alpha value is -6.40. The number of hydrazine groups is 1. The number of halogens is 3. The van der Waals surface area contributed by atoms with Crippen molar-refractivity contribution in [1.82, 2.24) is 35.4 Å². The van der Waals surface area contributed by atoms with Crippen molar-refractivity contribution in [1.29, 1.82) is 0 Å². The molecule has 5 heterocycles. The van der Waals surface area contributed by atoms with Gasteiger partial charge in [-0.05, 0) is 54.3 Å². The molecule has 3 fully saturated rings. The SMILES string of the molecule is CNC(=O)c1ccccc1Nc1cc(Nc2ccc(N3CCC(N4CCN(Cc5ccc6c(c5)CN(N5CCC(=O)NC5=O)C6=O)CC4)CC3)cc2OC)ncc1C(F)(F)F. The molecule has 0 unspecified atom stereocenters. The molecule has 3 aromatic carbocycles. The van der Waals surface area contributed by atoms with Gasteiger partial charge in [-0.2, -0.15) is 13.2 Å². The highest BCUT2D eigenvalue weighted by atomic mass is 19.4. The zero-order chi connectivity index (χ0) is 42.8. The number of anilines is 5. The topological polar surface area (TPSA) is 155 Å². The molecule has 8 rings (SSSR count). The van der Waals surface area contributed by atoms with Crippen LogP contribution < -0.4 is 30.9 Å². The van der Waals surface area contributed by atoms with Crippen LogP contribution in [-0.4, -0.2) is 115 Å². The predicted molar refractivity (Wildman–Crippen MR) is 222 cm³/mol.